The summed E-state index contributed by atoms with van der Waals surface area (Å²) in [5, 5.41) is 13.8. The van der Waals surface area contributed by atoms with Gasteiger partial charge in [0.15, 0.2) is 0 Å². The standard InChI is InChI=1S/C12H22N2O5/c1-12(2,3)19-11(18)14-9(10(16)17)6-4-5-7-13-8-15/h8-9H,4-7H2,1-3H3,(H,13,15)(H,14,18)(H,16,17)/t9-/m1/s1. The molecule has 7 nitrogen and oxygen atoms in total. The van der Waals surface area contributed by atoms with Crippen molar-refractivity contribution < 1.29 is 24.2 Å². The van der Waals surface area contributed by atoms with E-state index < -0.39 is 23.7 Å². The van der Waals surface area contributed by atoms with Gasteiger partial charge in [-0.15, -0.1) is 0 Å². The lowest BCUT2D eigenvalue weighted by atomic mass is 10.1. The van der Waals surface area contributed by atoms with Gasteiger partial charge in [0, 0.05) is 6.54 Å². The van der Waals surface area contributed by atoms with Gasteiger partial charge in [0.25, 0.3) is 0 Å². The van der Waals surface area contributed by atoms with Crippen LogP contribution in [0.5, 0.6) is 0 Å². The summed E-state index contributed by atoms with van der Waals surface area (Å²) in [6, 6.07) is -0.980. The number of hydrogen-bond acceptors (Lipinski definition) is 4. The third-order valence-electron chi connectivity index (χ3n) is 2.14. The molecule has 0 unspecified atom stereocenters. The molecule has 0 bridgehead atoms. The molecule has 0 saturated carbocycles. The molecule has 0 rings (SSSR count). The lowest BCUT2D eigenvalue weighted by Gasteiger charge is -2.22. The second-order valence-corrected chi connectivity index (χ2v) is 5.10. The van der Waals surface area contributed by atoms with E-state index in [1.54, 1.807) is 20.8 Å². The third kappa shape index (κ3) is 9.87. The summed E-state index contributed by atoms with van der Waals surface area (Å²) in [6.45, 7) is 5.59. The molecule has 110 valence electrons. The molecule has 0 saturated heterocycles. The van der Waals surface area contributed by atoms with Gasteiger partial charge in [0.2, 0.25) is 6.41 Å². The lowest BCUT2D eigenvalue weighted by Crippen LogP contribution is -2.43. The van der Waals surface area contributed by atoms with Crippen molar-refractivity contribution in [2.75, 3.05) is 6.54 Å². The number of ether oxygens (including phenoxy) is 1. The number of carbonyl (C=O) groups excluding carboxylic acids is 2. The molecule has 0 aliphatic rings. The first-order valence-corrected chi connectivity index (χ1v) is 6.15. The maximum absolute atomic E-state index is 11.5. The number of aliphatic carboxylic acids is 1. The van der Waals surface area contributed by atoms with Crippen molar-refractivity contribution in [3.8, 4) is 0 Å². The van der Waals surface area contributed by atoms with E-state index in [-0.39, 0.29) is 6.42 Å². The van der Waals surface area contributed by atoms with E-state index in [1.807, 2.05) is 0 Å². The van der Waals surface area contributed by atoms with Crippen LogP contribution in [0.25, 0.3) is 0 Å². The molecule has 0 aliphatic heterocycles. The highest BCUT2D eigenvalue weighted by Crippen LogP contribution is 2.08. The molecular formula is C12H22N2O5. The number of carboxylic acids is 1. The molecule has 0 heterocycles. The first-order chi connectivity index (χ1) is 8.76. The molecule has 1 atom stereocenters. The summed E-state index contributed by atoms with van der Waals surface area (Å²) in [5.41, 5.74) is -0.666. The van der Waals surface area contributed by atoms with Crippen molar-refractivity contribution >= 4 is 18.5 Å². The molecular weight excluding hydrogens is 252 g/mol. The molecule has 7 heteroatoms. The van der Waals surface area contributed by atoms with Crippen LogP contribution in [0, 0.1) is 0 Å². The van der Waals surface area contributed by atoms with Crippen LogP contribution in [0.3, 0.4) is 0 Å². The maximum atomic E-state index is 11.5. The molecule has 19 heavy (non-hydrogen) atoms. The zero-order valence-corrected chi connectivity index (χ0v) is 11.6. The van der Waals surface area contributed by atoms with E-state index in [0.29, 0.717) is 25.8 Å². The second-order valence-electron chi connectivity index (χ2n) is 5.10. The number of alkyl carbamates (subject to hydrolysis) is 1. The fourth-order valence-corrected chi connectivity index (χ4v) is 1.34. The molecule has 0 aromatic rings. The average Bonchev–Trinajstić information content (AvgIpc) is 2.24. The first kappa shape index (κ1) is 17.2. The summed E-state index contributed by atoms with van der Waals surface area (Å²) in [7, 11) is 0. The number of unbranched alkanes of at least 4 members (excludes halogenated alkanes) is 1. The largest absolute Gasteiger partial charge is 0.480 e. The van der Waals surface area contributed by atoms with Crippen LogP contribution in [0.15, 0.2) is 0 Å². The Bertz CT molecular complexity index is 312. The highest BCUT2D eigenvalue weighted by Gasteiger charge is 2.23. The zero-order chi connectivity index (χ0) is 14.9. The van der Waals surface area contributed by atoms with Gasteiger partial charge in [-0.3, -0.25) is 4.79 Å². The first-order valence-electron chi connectivity index (χ1n) is 6.15. The summed E-state index contributed by atoms with van der Waals surface area (Å²) in [6.07, 6.45) is 1.36. The van der Waals surface area contributed by atoms with E-state index in [2.05, 4.69) is 10.6 Å². The Hall–Kier alpha value is -1.79. The number of amides is 2. The SMILES string of the molecule is CC(C)(C)OC(=O)N[C@H](CCCCNC=O)C(=O)O. The van der Waals surface area contributed by atoms with Crippen molar-refractivity contribution in [2.45, 2.75) is 51.7 Å². The lowest BCUT2D eigenvalue weighted by molar-refractivity contribution is -0.139. The van der Waals surface area contributed by atoms with Crippen molar-refractivity contribution in [1.29, 1.82) is 0 Å². The molecule has 0 fully saturated rings. The Balaban J connectivity index is 4.08. The van der Waals surface area contributed by atoms with Gasteiger partial charge in [-0.2, -0.15) is 0 Å². The van der Waals surface area contributed by atoms with E-state index in [0.717, 1.165) is 0 Å². The predicted octanol–water partition coefficient (Wildman–Crippen LogP) is 0.881. The highest BCUT2D eigenvalue weighted by molar-refractivity contribution is 5.79. The Kier molecular flexibility index (Phi) is 7.55. The van der Waals surface area contributed by atoms with Crippen molar-refractivity contribution in [3.63, 3.8) is 0 Å². The molecule has 2 amide bonds. The molecule has 0 radical (unpaired) electrons. The molecule has 0 spiro atoms. The van der Waals surface area contributed by atoms with Crippen LogP contribution in [-0.4, -0.2) is 41.8 Å². The number of carbonyl (C=O) groups is 3. The summed E-state index contributed by atoms with van der Waals surface area (Å²) >= 11 is 0. The van der Waals surface area contributed by atoms with Crippen LogP contribution in [-0.2, 0) is 14.3 Å². The minimum Gasteiger partial charge on any atom is -0.480 e. The summed E-state index contributed by atoms with van der Waals surface area (Å²) in [5.74, 6) is -1.10. The fourth-order valence-electron chi connectivity index (χ4n) is 1.34. The highest BCUT2D eigenvalue weighted by atomic mass is 16.6. The van der Waals surface area contributed by atoms with Crippen LogP contribution in [0.1, 0.15) is 40.0 Å². The number of carboxylic acid groups (broad SMARTS) is 1. The van der Waals surface area contributed by atoms with Crippen LogP contribution in [0.2, 0.25) is 0 Å². The summed E-state index contributed by atoms with van der Waals surface area (Å²) in [4.78, 5) is 32.4. The topological polar surface area (TPSA) is 105 Å². The number of hydrogen-bond donors (Lipinski definition) is 3. The predicted molar refractivity (Wildman–Crippen MR) is 68.7 cm³/mol. The molecule has 3 N–H and O–H groups in total. The Morgan fingerprint density at radius 3 is 2.42 bits per heavy atom. The van der Waals surface area contributed by atoms with Crippen molar-refractivity contribution in [3.05, 3.63) is 0 Å². The van der Waals surface area contributed by atoms with Crippen molar-refractivity contribution in [1.82, 2.24) is 10.6 Å². The molecule has 0 aromatic carbocycles. The minimum absolute atomic E-state index is 0.287. The quantitative estimate of drug-likeness (QED) is 0.450. The number of rotatable bonds is 8. The second kappa shape index (κ2) is 8.34. The van der Waals surface area contributed by atoms with E-state index in [1.165, 1.54) is 0 Å². The van der Waals surface area contributed by atoms with Gasteiger partial charge in [0.05, 0.1) is 0 Å². The van der Waals surface area contributed by atoms with Gasteiger partial charge in [0.1, 0.15) is 11.6 Å². The average molecular weight is 274 g/mol. The van der Waals surface area contributed by atoms with Crippen LogP contribution in [0.4, 0.5) is 4.79 Å². The fraction of sp³-hybridized carbons (Fsp3) is 0.750. The zero-order valence-electron chi connectivity index (χ0n) is 11.6. The van der Waals surface area contributed by atoms with Gasteiger partial charge < -0.3 is 20.5 Å². The Morgan fingerprint density at radius 1 is 1.32 bits per heavy atom. The normalized spacial score (nSPS) is 12.4. The van der Waals surface area contributed by atoms with Gasteiger partial charge in [-0.05, 0) is 40.0 Å². The Labute approximate surface area is 112 Å². The van der Waals surface area contributed by atoms with Gasteiger partial charge in [-0.1, -0.05) is 0 Å². The third-order valence-corrected chi connectivity index (χ3v) is 2.14. The van der Waals surface area contributed by atoms with Gasteiger partial charge >= 0.3 is 12.1 Å². The molecule has 0 aliphatic carbocycles. The monoisotopic (exact) mass is 274 g/mol. The van der Waals surface area contributed by atoms with Crippen LogP contribution < -0.4 is 10.6 Å². The van der Waals surface area contributed by atoms with Crippen molar-refractivity contribution in [2.24, 2.45) is 0 Å². The van der Waals surface area contributed by atoms with E-state index in [9.17, 15) is 14.4 Å². The van der Waals surface area contributed by atoms with E-state index >= 15 is 0 Å². The van der Waals surface area contributed by atoms with E-state index in [4.69, 9.17) is 9.84 Å². The van der Waals surface area contributed by atoms with Crippen LogP contribution >= 0.6 is 0 Å². The maximum Gasteiger partial charge on any atom is 0.408 e. The number of nitrogens with one attached hydrogen (secondary N) is 2. The molecule has 0 aromatic heterocycles. The Morgan fingerprint density at radius 2 is 1.95 bits per heavy atom. The smallest absolute Gasteiger partial charge is 0.408 e. The summed E-state index contributed by atoms with van der Waals surface area (Å²) < 4.78 is 4.99. The minimum atomic E-state index is -1.10. The van der Waals surface area contributed by atoms with Gasteiger partial charge in [-0.25, -0.2) is 9.59 Å².